The lowest BCUT2D eigenvalue weighted by Gasteiger charge is -2.09. The summed E-state index contributed by atoms with van der Waals surface area (Å²) in [5.41, 5.74) is 1.61. The fourth-order valence-electron chi connectivity index (χ4n) is 1.46. The van der Waals surface area contributed by atoms with E-state index in [9.17, 15) is 0 Å². The van der Waals surface area contributed by atoms with Gasteiger partial charge in [-0.2, -0.15) is 0 Å². The Morgan fingerprint density at radius 3 is 1.89 bits per heavy atom. The van der Waals surface area contributed by atoms with Crippen LogP contribution in [0.1, 0.15) is 11.4 Å². The summed E-state index contributed by atoms with van der Waals surface area (Å²) in [6, 6.07) is 5.15. The summed E-state index contributed by atoms with van der Waals surface area (Å²) in [6.45, 7) is 3.71. The van der Waals surface area contributed by atoms with E-state index in [0.29, 0.717) is 20.8 Å². The van der Waals surface area contributed by atoms with Gasteiger partial charge < -0.3 is 4.74 Å². The fourth-order valence-corrected chi connectivity index (χ4v) is 2.35. The van der Waals surface area contributed by atoms with Crippen molar-refractivity contribution >= 4 is 34.8 Å². The Labute approximate surface area is 120 Å². The molecule has 3 nitrogen and oxygen atoms in total. The number of hydrogen-bond acceptors (Lipinski definition) is 3. The molecule has 0 bridgehead atoms. The van der Waals surface area contributed by atoms with Crippen molar-refractivity contribution in [3.05, 3.63) is 44.7 Å². The van der Waals surface area contributed by atoms with Gasteiger partial charge in [0.1, 0.15) is 0 Å². The molecule has 0 unspecified atom stereocenters. The summed E-state index contributed by atoms with van der Waals surface area (Å²) >= 11 is 17.8. The highest BCUT2D eigenvalue weighted by Gasteiger charge is 2.12. The number of benzene rings is 1. The second-order valence-corrected chi connectivity index (χ2v) is 4.98. The average molecular weight is 304 g/mol. The summed E-state index contributed by atoms with van der Waals surface area (Å²) in [5, 5.41) is 1.07. The number of aryl methyl sites for hydroxylation is 2. The zero-order chi connectivity index (χ0) is 13.3. The molecule has 2 rings (SSSR count). The third-order valence-electron chi connectivity index (χ3n) is 2.12. The Kier molecular flexibility index (Phi) is 3.95. The predicted molar refractivity (Wildman–Crippen MR) is 73.1 cm³/mol. The van der Waals surface area contributed by atoms with E-state index in [0.717, 1.165) is 11.4 Å². The van der Waals surface area contributed by atoms with Crippen molar-refractivity contribution in [2.45, 2.75) is 13.8 Å². The summed E-state index contributed by atoms with van der Waals surface area (Å²) in [6.07, 6.45) is 0. The highest BCUT2D eigenvalue weighted by atomic mass is 35.5. The molecule has 1 heterocycles. The van der Waals surface area contributed by atoms with Gasteiger partial charge in [0, 0.05) is 16.4 Å². The van der Waals surface area contributed by atoms with E-state index in [4.69, 9.17) is 39.5 Å². The zero-order valence-corrected chi connectivity index (χ0v) is 11.9. The van der Waals surface area contributed by atoms with Gasteiger partial charge in [-0.3, -0.25) is 0 Å². The van der Waals surface area contributed by atoms with Crippen LogP contribution in [-0.4, -0.2) is 9.97 Å². The molecule has 0 aliphatic rings. The van der Waals surface area contributed by atoms with E-state index in [1.807, 2.05) is 19.9 Å². The third-order valence-corrected chi connectivity index (χ3v) is 2.90. The lowest BCUT2D eigenvalue weighted by Crippen LogP contribution is -1.96. The van der Waals surface area contributed by atoms with Crippen molar-refractivity contribution in [3.63, 3.8) is 0 Å². The number of nitrogens with zero attached hydrogens (tertiary/aromatic N) is 2. The Hall–Kier alpha value is -1.03. The molecule has 1 aromatic heterocycles. The van der Waals surface area contributed by atoms with Crippen molar-refractivity contribution in [2.24, 2.45) is 0 Å². The first-order valence-corrected chi connectivity index (χ1v) is 6.24. The van der Waals surface area contributed by atoms with E-state index in [-0.39, 0.29) is 6.01 Å². The van der Waals surface area contributed by atoms with Crippen LogP contribution in [0, 0.1) is 13.8 Å². The lowest BCUT2D eigenvalue weighted by molar-refractivity contribution is 0.439. The topological polar surface area (TPSA) is 35.0 Å². The molecular weight excluding hydrogens is 295 g/mol. The van der Waals surface area contributed by atoms with Crippen molar-refractivity contribution < 1.29 is 4.74 Å². The molecule has 0 saturated carbocycles. The molecule has 0 atom stereocenters. The van der Waals surface area contributed by atoms with Gasteiger partial charge in [0.2, 0.25) is 0 Å². The van der Waals surface area contributed by atoms with E-state index >= 15 is 0 Å². The minimum Gasteiger partial charge on any atom is -0.421 e. The minimum atomic E-state index is 0.207. The minimum absolute atomic E-state index is 0.207. The van der Waals surface area contributed by atoms with Gasteiger partial charge in [-0.15, -0.1) is 0 Å². The van der Waals surface area contributed by atoms with Crippen LogP contribution in [-0.2, 0) is 0 Å². The molecule has 0 saturated heterocycles. The van der Waals surface area contributed by atoms with Gasteiger partial charge in [0.05, 0.1) is 10.0 Å². The van der Waals surface area contributed by atoms with Crippen molar-refractivity contribution in [2.75, 3.05) is 0 Å². The van der Waals surface area contributed by atoms with Gasteiger partial charge in [-0.05, 0) is 32.0 Å². The molecular formula is C12H9Cl3N2O. The molecule has 0 radical (unpaired) electrons. The van der Waals surface area contributed by atoms with Crippen LogP contribution in [0.3, 0.4) is 0 Å². The number of halogens is 3. The summed E-state index contributed by atoms with van der Waals surface area (Å²) in [5.74, 6) is 0.299. The number of aromatic nitrogens is 2. The largest absolute Gasteiger partial charge is 0.421 e. The maximum atomic E-state index is 6.01. The monoisotopic (exact) mass is 302 g/mol. The normalized spacial score (nSPS) is 10.5. The first-order valence-electron chi connectivity index (χ1n) is 5.10. The highest BCUT2D eigenvalue weighted by Crippen LogP contribution is 2.37. The Bertz CT molecular complexity index is 559. The molecule has 0 aliphatic heterocycles. The van der Waals surface area contributed by atoms with Crippen LogP contribution in [0.4, 0.5) is 0 Å². The molecule has 94 valence electrons. The standard InChI is InChI=1S/C12H9Cl3N2O/c1-6-3-7(2)17-12(16-6)18-11-9(14)4-8(13)5-10(11)15/h3-5H,1-2H3. The van der Waals surface area contributed by atoms with Gasteiger partial charge >= 0.3 is 6.01 Å². The summed E-state index contributed by atoms with van der Waals surface area (Å²) in [7, 11) is 0. The quantitative estimate of drug-likeness (QED) is 0.795. The van der Waals surface area contributed by atoms with Gasteiger partial charge in [-0.25, -0.2) is 9.97 Å². The van der Waals surface area contributed by atoms with E-state index < -0.39 is 0 Å². The van der Waals surface area contributed by atoms with Crippen LogP contribution in [0.15, 0.2) is 18.2 Å². The molecule has 18 heavy (non-hydrogen) atoms. The predicted octanol–water partition coefficient (Wildman–Crippen LogP) is 4.85. The molecule has 6 heteroatoms. The van der Waals surface area contributed by atoms with E-state index in [1.54, 1.807) is 12.1 Å². The van der Waals surface area contributed by atoms with Crippen molar-refractivity contribution in [1.29, 1.82) is 0 Å². The molecule has 0 aliphatic carbocycles. The highest BCUT2D eigenvalue weighted by molar-refractivity contribution is 6.40. The van der Waals surface area contributed by atoms with Crippen molar-refractivity contribution in [3.8, 4) is 11.8 Å². The molecule has 0 amide bonds. The van der Waals surface area contributed by atoms with E-state index in [1.165, 1.54) is 0 Å². The second kappa shape index (κ2) is 5.31. The zero-order valence-electron chi connectivity index (χ0n) is 9.67. The fraction of sp³-hybridized carbons (Fsp3) is 0.167. The second-order valence-electron chi connectivity index (χ2n) is 3.73. The molecule has 1 aromatic carbocycles. The van der Waals surface area contributed by atoms with Crippen LogP contribution in [0.2, 0.25) is 15.1 Å². The maximum Gasteiger partial charge on any atom is 0.322 e. The van der Waals surface area contributed by atoms with Gasteiger partial charge in [-0.1, -0.05) is 34.8 Å². The number of hydrogen-bond donors (Lipinski definition) is 0. The van der Waals surface area contributed by atoms with Crippen molar-refractivity contribution in [1.82, 2.24) is 9.97 Å². The smallest absolute Gasteiger partial charge is 0.322 e. The lowest BCUT2D eigenvalue weighted by atomic mass is 10.3. The summed E-state index contributed by atoms with van der Waals surface area (Å²) < 4.78 is 5.51. The third kappa shape index (κ3) is 3.05. The number of ether oxygens (including phenoxy) is 1. The molecule has 0 fully saturated rings. The molecule has 0 spiro atoms. The first-order chi connectivity index (χ1) is 8.45. The van der Waals surface area contributed by atoms with Crippen LogP contribution in [0.25, 0.3) is 0 Å². The Morgan fingerprint density at radius 1 is 0.889 bits per heavy atom. The Morgan fingerprint density at radius 2 is 1.39 bits per heavy atom. The Balaban J connectivity index is 2.40. The molecule has 2 aromatic rings. The SMILES string of the molecule is Cc1cc(C)nc(Oc2c(Cl)cc(Cl)cc2Cl)n1. The van der Waals surface area contributed by atoms with Gasteiger partial charge in [0.25, 0.3) is 0 Å². The molecule has 0 N–H and O–H groups in total. The summed E-state index contributed by atoms with van der Waals surface area (Å²) in [4.78, 5) is 8.30. The first kappa shape index (κ1) is 13.4. The average Bonchev–Trinajstić information content (AvgIpc) is 2.22. The van der Waals surface area contributed by atoms with Crippen LogP contribution < -0.4 is 4.74 Å². The van der Waals surface area contributed by atoms with Gasteiger partial charge in [0.15, 0.2) is 5.75 Å². The maximum absolute atomic E-state index is 6.01. The van der Waals surface area contributed by atoms with Crippen LogP contribution in [0.5, 0.6) is 11.8 Å². The van der Waals surface area contributed by atoms with E-state index in [2.05, 4.69) is 9.97 Å². The number of rotatable bonds is 2. The van der Waals surface area contributed by atoms with Crippen LogP contribution >= 0.6 is 34.8 Å².